The van der Waals surface area contributed by atoms with Gasteiger partial charge in [0.1, 0.15) is 0 Å². The van der Waals surface area contributed by atoms with E-state index in [0.717, 1.165) is 66.7 Å². The van der Waals surface area contributed by atoms with E-state index in [-0.39, 0.29) is 0 Å². The summed E-state index contributed by atoms with van der Waals surface area (Å²) in [5.41, 5.74) is 12.4. The highest BCUT2D eigenvalue weighted by atomic mass is 15.0. The van der Waals surface area contributed by atoms with Gasteiger partial charge in [0.15, 0.2) is 0 Å². The number of hydrogen-bond donors (Lipinski definition) is 0. The third-order valence-corrected chi connectivity index (χ3v) is 14.4. The highest BCUT2D eigenvalue weighted by molar-refractivity contribution is 6.17. The molecule has 0 aliphatic heterocycles. The number of rotatable bonds is 4. The van der Waals surface area contributed by atoms with Crippen LogP contribution in [0.5, 0.6) is 0 Å². The summed E-state index contributed by atoms with van der Waals surface area (Å²) in [7, 11) is 0. The molecule has 12 aromatic carbocycles. The van der Waals surface area contributed by atoms with Crippen molar-refractivity contribution in [1.82, 2.24) is 19.1 Å². The SMILES string of the molecule is c1ccc2cc3c(cc2c1)c1ccccc1n3-c1ccc2cc3c4ccccc4n(-c4cc(-c5nc6ccccc6nc5-c5ccc6ccc7ccccc7c6c5)cc5ccccc45)c3cc2c1. The van der Waals surface area contributed by atoms with Gasteiger partial charge in [-0.05, 0) is 127 Å². The standard InChI is InChI=1S/C64H38N4/c1-2-15-42-36-61-54(33-41(42)14-1)51-19-7-11-23-58(51)67(61)48-30-29-43-34-55-52-20-8-12-24-59(52)68(62(55)37-46(43)32-48)60-38-47(31-44-16-4-6-18-50(44)60)64-63(65-56-21-9-10-22-57(56)66-64)45-28-27-40-26-25-39-13-3-5-17-49(39)53(40)35-45/h1-38H. The van der Waals surface area contributed by atoms with Crippen molar-refractivity contribution in [1.29, 1.82) is 0 Å². The zero-order valence-electron chi connectivity index (χ0n) is 36.7. The van der Waals surface area contributed by atoms with Crippen LogP contribution in [0.4, 0.5) is 0 Å². The molecule has 4 heteroatoms. The van der Waals surface area contributed by atoms with Crippen molar-refractivity contribution < 1.29 is 0 Å². The summed E-state index contributed by atoms with van der Waals surface area (Å²) < 4.78 is 4.92. The molecule has 3 heterocycles. The van der Waals surface area contributed by atoms with Crippen molar-refractivity contribution in [3.05, 3.63) is 231 Å². The van der Waals surface area contributed by atoms with Gasteiger partial charge in [-0.1, -0.05) is 152 Å². The van der Waals surface area contributed by atoms with Gasteiger partial charge in [0.05, 0.1) is 50.2 Å². The fraction of sp³-hybridized carbons (Fsp3) is 0. The molecule has 15 rings (SSSR count). The first-order chi connectivity index (χ1) is 33.7. The molecule has 0 aliphatic rings. The van der Waals surface area contributed by atoms with E-state index in [0.29, 0.717) is 0 Å². The van der Waals surface area contributed by atoms with Gasteiger partial charge >= 0.3 is 0 Å². The van der Waals surface area contributed by atoms with E-state index >= 15 is 0 Å². The first-order valence-electron chi connectivity index (χ1n) is 23.3. The van der Waals surface area contributed by atoms with Gasteiger partial charge in [-0.25, -0.2) is 9.97 Å². The summed E-state index contributed by atoms with van der Waals surface area (Å²) in [6, 6.07) is 84.1. The summed E-state index contributed by atoms with van der Waals surface area (Å²) in [4.78, 5) is 10.9. The van der Waals surface area contributed by atoms with E-state index in [1.807, 2.05) is 12.1 Å². The number of nitrogens with zero attached hydrogens (tertiary/aromatic N) is 4. The van der Waals surface area contributed by atoms with Crippen LogP contribution in [0.1, 0.15) is 0 Å². The van der Waals surface area contributed by atoms with Crippen LogP contribution in [0.25, 0.3) is 142 Å². The quantitative estimate of drug-likeness (QED) is 0.165. The maximum absolute atomic E-state index is 5.48. The molecule has 0 bridgehead atoms. The second-order valence-electron chi connectivity index (χ2n) is 18.2. The topological polar surface area (TPSA) is 35.6 Å². The van der Waals surface area contributed by atoms with Gasteiger partial charge in [0, 0.05) is 43.7 Å². The number of hydrogen-bond acceptors (Lipinski definition) is 2. The minimum Gasteiger partial charge on any atom is -0.309 e. The lowest BCUT2D eigenvalue weighted by atomic mass is 9.96. The van der Waals surface area contributed by atoms with Gasteiger partial charge in [0.25, 0.3) is 0 Å². The molecule has 15 aromatic rings. The van der Waals surface area contributed by atoms with Crippen molar-refractivity contribution >= 4 is 109 Å². The van der Waals surface area contributed by atoms with Crippen LogP contribution in [0.2, 0.25) is 0 Å². The molecule has 0 radical (unpaired) electrons. The minimum absolute atomic E-state index is 0.852. The summed E-state index contributed by atoms with van der Waals surface area (Å²) in [6.45, 7) is 0. The fourth-order valence-electron chi connectivity index (χ4n) is 11.2. The minimum atomic E-state index is 0.852. The molecule has 0 amide bonds. The maximum atomic E-state index is 5.48. The highest BCUT2D eigenvalue weighted by Crippen LogP contribution is 2.42. The Kier molecular flexibility index (Phi) is 7.75. The van der Waals surface area contributed by atoms with Crippen molar-refractivity contribution in [2.45, 2.75) is 0 Å². The van der Waals surface area contributed by atoms with Crippen molar-refractivity contribution in [3.63, 3.8) is 0 Å². The second kappa shape index (κ2) is 14.2. The van der Waals surface area contributed by atoms with Crippen LogP contribution in [0.3, 0.4) is 0 Å². The summed E-state index contributed by atoms with van der Waals surface area (Å²) in [6.07, 6.45) is 0. The molecule has 314 valence electrons. The van der Waals surface area contributed by atoms with Crippen molar-refractivity contribution in [3.8, 4) is 33.9 Å². The first kappa shape index (κ1) is 37.1. The van der Waals surface area contributed by atoms with Crippen LogP contribution < -0.4 is 0 Å². The van der Waals surface area contributed by atoms with Gasteiger partial charge in [-0.2, -0.15) is 0 Å². The van der Waals surface area contributed by atoms with Gasteiger partial charge < -0.3 is 9.13 Å². The Morgan fingerprint density at radius 3 is 1.49 bits per heavy atom. The maximum Gasteiger partial charge on any atom is 0.0974 e. The van der Waals surface area contributed by atoms with Gasteiger partial charge in [0.2, 0.25) is 0 Å². The third-order valence-electron chi connectivity index (χ3n) is 14.4. The zero-order valence-corrected chi connectivity index (χ0v) is 36.7. The normalized spacial score (nSPS) is 12.1. The Hall–Kier alpha value is -9.12. The highest BCUT2D eigenvalue weighted by Gasteiger charge is 2.21. The average molecular weight is 863 g/mol. The Balaban J connectivity index is 0.980. The van der Waals surface area contributed by atoms with Crippen molar-refractivity contribution in [2.75, 3.05) is 0 Å². The van der Waals surface area contributed by atoms with Gasteiger partial charge in [-0.3, -0.25) is 0 Å². The smallest absolute Gasteiger partial charge is 0.0974 e. The average Bonchev–Trinajstić information content (AvgIpc) is 3.89. The molecule has 0 N–H and O–H groups in total. The van der Waals surface area contributed by atoms with Crippen LogP contribution >= 0.6 is 0 Å². The van der Waals surface area contributed by atoms with E-state index in [1.54, 1.807) is 0 Å². The second-order valence-corrected chi connectivity index (χ2v) is 18.2. The molecule has 68 heavy (non-hydrogen) atoms. The van der Waals surface area contributed by atoms with Crippen LogP contribution in [0, 0.1) is 0 Å². The molecule has 4 nitrogen and oxygen atoms in total. The number of benzene rings is 12. The Labute approximate surface area is 390 Å². The molecule has 0 atom stereocenters. The lowest BCUT2D eigenvalue weighted by Gasteiger charge is -2.17. The van der Waals surface area contributed by atoms with Crippen LogP contribution in [-0.4, -0.2) is 19.1 Å². The predicted molar refractivity (Wildman–Crippen MR) is 287 cm³/mol. The molecule has 3 aromatic heterocycles. The van der Waals surface area contributed by atoms with E-state index in [2.05, 4.69) is 228 Å². The largest absolute Gasteiger partial charge is 0.309 e. The molecule has 0 fully saturated rings. The Bertz CT molecular complexity index is 4630. The van der Waals surface area contributed by atoms with E-state index in [1.165, 1.54) is 75.7 Å². The first-order valence-corrected chi connectivity index (χ1v) is 23.3. The predicted octanol–water partition coefficient (Wildman–Crippen LogP) is 16.9. The van der Waals surface area contributed by atoms with Crippen LogP contribution in [-0.2, 0) is 0 Å². The fourth-order valence-corrected chi connectivity index (χ4v) is 11.2. The third kappa shape index (κ3) is 5.49. The summed E-state index contributed by atoms with van der Waals surface area (Å²) in [5, 5.41) is 17.0. The number of para-hydroxylation sites is 4. The molecule has 0 spiro atoms. The van der Waals surface area contributed by atoms with E-state index in [9.17, 15) is 0 Å². The Morgan fingerprint density at radius 1 is 0.250 bits per heavy atom. The van der Waals surface area contributed by atoms with Crippen molar-refractivity contribution in [2.24, 2.45) is 0 Å². The van der Waals surface area contributed by atoms with E-state index < -0.39 is 0 Å². The molecular formula is C64H38N4. The number of fused-ring (bicyclic) bond motifs is 13. The summed E-state index contributed by atoms with van der Waals surface area (Å²) >= 11 is 0. The van der Waals surface area contributed by atoms with Crippen LogP contribution in [0.15, 0.2) is 231 Å². The monoisotopic (exact) mass is 862 g/mol. The van der Waals surface area contributed by atoms with E-state index in [4.69, 9.17) is 9.97 Å². The molecular weight excluding hydrogens is 825 g/mol. The molecule has 0 unspecified atom stereocenters. The molecule has 0 saturated heterocycles. The Morgan fingerprint density at radius 2 is 0.750 bits per heavy atom. The number of aromatic nitrogens is 4. The summed E-state index contributed by atoms with van der Waals surface area (Å²) in [5.74, 6) is 0. The van der Waals surface area contributed by atoms with Gasteiger partial charge in [-0.15, -0.1) is 0 Å². The zero-order chi connectivity index (χ0) is 44.5. The lowest BCUT2D eigenvalue weighted by Crippen LogP contribution is -1.99. The lowest BCUT2D eigenvalue weighted by molar-refractivity contribution is 1.19. The molecule has 0 saturated carbocycles. The molecule has 0 aliphatic carbocycles.